The lowest BCUT2D eigenvalue weighted by Crippen LogP contribution is -2.50. The SMILES string of the molecule is CCCCC(c1ccc(C)c(Cl)c1)C(OB([O-])O)(c1ccc(C)c(Cl)c1)c1ccc(C)c(Cl)c1.CCCC[N+](CCCC)(CCCC)CCCC. The molecule has 0 aliphatic heterocycles. The van der Waals surface area contributed by atoms with Crippen LogP contribution in [0.3, 0.4) is 0 Å². The van der Waals surface area contributed by atoms with Crippen molar-refractivity contribution < 1.29 is 19.2 Å². The molecule has 0 heterocycles. The van der Waals surface area contributed by atoms with E-state index in [4.69, 9.17) is 39.5 Å². The summed E-state index contributed by atoms with van der Waals surface area (Å²) in [6, 6.07) is 17.1. The highest BCUT2D eigenvalue weighted by molar-refractivity contribution is 6.32. The topological polar surface area (TPSA) is 52.5 Å². The molecule has 1 unspecified atom stereocenters. The number of unbranched alkanes of at least 4 members (excludes halogenated alkanes) is 5. The standard InChI is InChI=1S/C27H29BCl3O3.C16H36N/c1-5-6-7-23(20-11-8-17(2)24(29)14-20)27(34-28(32)33,21-12-9-18(3)25(30)15-21)22-13-10-19(4)26(31)16-22;1-5-9-13-17(14-10-6-2,15-11-7-3)16-12-8-4/h8-16,23,32H,5-7H2,1-4H3;5-16H2,1-4H3/q-1;+1. The summed E-state index contributed by atoms with van der Waals surface area (Å²) < 4.78 is 7.44. The van der Waals surface area contributed by atoms with Crippen molar-refractivity contribution in [3.05, 3.63) is 103 Å². The minimum atomic E-state index is -2.29. The molecule has 3 aromatic carbocycles. The highest BCUT2D eigenvalue weighted by Gasteiger charge is 2.45. The van der Waals surface area contributed by atoms with E-state index in [2.05, 4.69) is 34.6 Å². The minimum Gasteiger partial charge on any atom is -0.832 e. The second kappa shape index (κ2) is 23.3. The van der Waals surface area contributed by atoms with Gasteiger partial charge in [0.2, 0.25) is 0 Å². The Morgan fingerprint density at radius 1 is 0.627 bits per heavy atom. The molecule has 51 heavy (non-hydrogen) atoms. The van der Waals surface area contributed by atoms with Gasteiger partial charge in [-0.2, -0.15) is 0 Å². The Hall–Kier alpha value is -1.57. The Morgan fingerprint density at radius 2 is 1.00 bits per heavy atom. The van der Waals surface area contributed by atoms with Gasteiger partial charge in [-0.25, -0.2) is 0 Å². The zero-order chi connectivity index (χ0) is 38.0. The third kappa shape index (κ3) is 13.4. The third-order valence-electron chi connectivity index (χ3n) is 10.4. The van der Waals surface area contributed by atoms with Gasteiger partial charge in [-0.05, 0) is 104 Å². The molecule has 0 saturated carbocycles. The van der Waals surface area contributed by atoms with Crippen molar-refractivity contribution in [3.63, 3.8) is 0 Å². The number of quaternary nitrogens is 1. The summed E-state index contributed by atoms with van der Waals surface area (Å²) in [7, 11) is -2.29. The van der Waals surface area contributed by atoms with Gasteiger partial charge in [0.15, 0.2) is 0 Å². The van der Waals surface area contributed by atoms with Crippen molar-refractivity contribution in [2.24, 2.45) is 0 Å². The lowest BCUT2D eigenvalue weighted by molar-refractivity contribution is -0.929. The van der Waals surface area contributed by atoms with E-state index >= 15 is 0 Å². The van der Waals surface area contributed by atoms with Crippen LogP contribution in [0.5, 0.6) is 0 Å². The number of halogens is 3. The first-order valence-electron chi connectivity index (χ1n) is 19.5. The van der Waals surface area contributed by atoms with Gasteiger partial charge >= 0.3 is 7.32 Å². The Bertz CT molecular complexity index is 1360. The van der Waals surface area contributed by atoms with Crippen molar-refractivity contribution in [2.45, 2.75) is 138 Å². The molecule has 4 nitrogen and oxygen atoms in total. The van der Waals surface area contributed by atoms with E-state index in [0.29, 0.717) is 32.6 Å². The predicted octanol–water partition coefficient (Wildman–Crippen LogP) is 12.1. The van der Waals surface area contributed by atoms with Crippen molar-refractivity contribution in [3.8, 4) is 0 Å². The fourth-order valence-corrected chi connectivity index (χ4v) is 7.63. The van der Waals surface area contributed by atoms with Gasteiger partial charge in [0, 0.05) is 21.0 Å². The fraction of sp³-hybridized carbons (Fsp3) is 0.581. The summed E-state index contributed by atoms with van der Waals surface area (Å²) in [4.78, 5) is 0. The minimum absolute atomic E-state index is 0.355. The molecule has 1 N–H and O–H groups in total. The molecular weight excluding hydrogens is 696 g/mol. The average Bonchev–Trinajstić information content (AvgIpc) is 3.11. The van der Waals surface area contributed by atoms with Gasteiger partial charge in [-0.3, -0.25) is 0 Å². The number of rotatable bonds is 21. The molecule has 1 atom stereocenters. The van der Waals surface area contributed by atoms with E-state index in [1.165, 1.54) is 82.0 Å². The quantitative estimate of drug-likeness (QED) is 0.0869. The smallest absolute Gasteiger partial charge is 0.343 e. The number of nitrogens with zero attached hydrogens (tertiary/aromatic N) is 1. The van der Waals surface area contributed by atoms with Crippen LogP contribution in [0.1, 0.15) is 145 Å². The molecule has 0 aliphatic rings. The van der Waals surface area contributed by atoms with Crippen molar-refractivity contribution >= 4 is 42.1 Å². The number of hydrogen-bond acceptors (Lipinski definition) is 3. The highest BCUT2D eigenvalue weighted by atomic mass is 35.5. The Morgan fingerprint density at radius 3 is 1.33 bits per heavy atom. The molecule has 0 bridgehead atoms. The summed E-state index contributed by atoms with van der Waals surface area (Å²) in [5.41, 5.74) is 3.61. The van der Waals surface area contributed by atoms with Crippen molar-refractivity contribution in [1.82, 2.24) is 0 Å². The Balaban J connectivity index is 0.000000449. The van der Waals surface area contributed by atoms with Gasteiger partial charge in [-0.15, -0.1) is 0 Å². The maximum absolute atomic E-state index is 12.4. The van der Waals surface area contributed by atoms with E-state index in [0.717, 1.165) is 35.1 Å². The zero-order valence-corrected chi connectivity index (χ0v) is 35.1. The molecule has 0 aromatic heterocycles. The average molecular weight is 761 g/mol. The molecular formula is C43H65BCl3NO3. The van der Waals surface area contributed by atoms with Crippen molar-refractivity contribution in [2.75, 3.05) is 26.2 Å². The Labute approximate surface area is 326 Å². The number of benzene rings is 3. The molecule has 0 radical (unpaired) electrons. The summed E-state index contributed by atoms with van der Waals surface area (Å²) in [5.74, 6) is -0.355. The lowest BCUT2D eigenvalue weighted by atomic mass is 9.69. The zero-order valence-electron chi connectivity index (χ0n) is 32.8. The summed E-state index contributed by atoms with van der Waals surface area (Å²) in [5, 5.41) is 24.2. The van der Waals surface area contributed by atoms with Crippen LogP contribution in [-0.2, 0) is 10.3 Å². The van der Waals surface area contributed by atoms with Crippen LogP contribution in [0.25, 0.3) is 0 Å². The van der Waals surface area contributed by atoms with E-state index < -0.39 is 12.9 Å². The monoisotopic (exact) mass is 759 g/mol. The van der Waals surface area contributed by atoms with Crippen LogP contribution in [0.15, 0.2) is 54.6 Å². The highest BCUT2D eigenvalue weighted by Crippen LogP contribution is 2.50. The van der Waals surface area contributed by atoms with Gasteiger partial charge in [0.1, 0.15) is 5.60 Å². The summed E-state index contributed by atoms with van der Waals surface area (Å²) >= 11 is 19.7. The molecule has 0 saturated heterocycles. The molecule has 8 heteroatoms. The second-order valence-electron chi connectivity index (χ2n) is 14.4. The van der Waals surface area contributed by atoms with Crippen LogP contribution in [0.4, 0.5) is 0 Å². The van der Waals surface area contributed by atoms with Crippen LogP contribution in [0.2, 0.25) is 15.1 Å². The first-order valence-corrected chi connectivity index (χ1v) is 20.6. The maximum Gasteiger partial charge on any atom is 0.343 e. The van der Waals surface area contributed by atoms with Gasteiger partial charge in [-0.1, -0.05) is 144 Å². The van der Waals surface area contributed by atoms with E-state index in [-0.39, 0.29) is 5.92 Å². The molecule has 0 spiro atoms. The van der Waals surface area contributed by atoms with E-state index in [1.54, 1.807) is 0 Å². The summed E-state index contributed by atoms with van der Waals surface area (Å²) in [6.07, 6.45) is 13.6. The third-order valence-corrected chi connectivity index (χ3v) is 11.6. The Kier molecular flexibility index (Phi) is 20.8. The first-order chi connectivity index (χ1) is 24.3. The normalized spacial score (nSPS) is 12.4. The number of aryl methyl sites for hydroxylation is 3. The molecule has 0 aliphatic carbocycles. The van der Waals surface area contributed by atoms with Crippen LogP contribution in [-0.4, -0.2) is 43.0 Å². The molecule has 3 aromatic rings. The molecule has 0 amide bonds. The van der Waals surface area contributed by atoms with Gasteiger partial charge in [0.25, 0.3) is 0 Å². The number of hydrogen-bond donors (Lipinski definition) is 1. The molecule has 284 valence electrons. The van der Waals surface area contributed by atoms with E-state index in [9.17, 15) is 10.0 Å². The van der Waals surface area contributed by atoms with E-state index in [1.807, 2.05) is 75.4 Å². The van der Waals surface area contributed by atoms with Crippen molar-refractivity contribution in [1.29, 1.82) is 0 Å². The molecule has 3 rings (SSSR count). The largest absolute Gasteiger partial charge is 0.832 e. The first kappa shape index (κ1) is 45.6. The second-order valence-corrected chi connectivity index (χ2v) is 15.7. The fourth-order valence-electron chi connectivity index (χ4n) is 7.08. The van der Waals surface area contributed by atoms with Crippen LogP contribution < -0.4 is 5.02 Å². The maximum atomic E-state index is 12.4. The van der Waals surface area contributed by atoms with Crippen LogP contribution in [0, 0.1) is 20.8 Å². The molecule has 0 fully saturated rings. The lowest BCUT2D eigenvalue weighted by Gasteiger charge is -2.45. The summed E-state index contributed by atoms with van der Waals surface area (Å²) in [6.45, 7) is 22.9. The predicted molar refractivity (Wildman–Crippen MR) is 220 cm³/mol. The van der Waals surface area contributed by atoms with Crippen LogP contribution >= 0.6 is 34.8 Å². The van der Waals surface area contributed by atoms with Gasteiger partial charge < -0.3 is 19.2 Å². The van der Waals surface area contributed by atoms with Gasteiger partial charge in [0.05, 0.1) is 26.2 Å².